The molecule has 2 aliphatic rings. The summed E-state index contributed by atoms with van der Waals surface area (Å²) in [6.07, 6.45) is 5.13. The Kier molecular flexibility index (Phi) is 7.68. The van der Waals surface area contributed by atoms with Crippen LogP contribution in [0.2, 0.25) is 18.1 Å². The normalized spacial score (nSPS) is 31.1. The third-order valence-corrected chi connectivity index (χ3v) is 11.9. The topological polar surface area (TPSA) is 72.8 Å². The maximum absolute atomic E-state index is 13.2. The fraction of sp³-hybridized carbons (Fsp3) is 0.917. The monoisotopic (exact) mass is 440 g/mol. The molecule has 0 aromatic heterocycles. The van der Waals surface area contributed by atoms with E-state index in [2.05, 4.69) is 33.9 Å². The van der Waals surface area contributed by atoms with Crippen LogP contribution < -0.4 is 0 Å². The Balaban J connectivity index is 2.31. The largest absolute Gasteiger partial charge is 0.460 e. The molecule has 30 heavy (non-hydrogen) atoms. The van der Waals surface area contributed by atoms with Gasteiger partial charge in [0.15, 0.2) is 8.32 Å². The van der Waals surface area contributed by atoms with Gasteiger partial charge in [-0.1, -0.05) is 40.0 Å². The smallest absolute Gasteiger partial charge is 0.306 e. The molecule has 4 atom stereocenters. The van der Waals surface area contributed by atoms with Crippen molar-refractivity contribution in [2.24, 2.45) is 17.8 Å². The van der Waals surface area contributed by atoms with Crippen LogP contribution in [0.15, 0.2) is 0 Å². The molecule has 0 aromatic rings. The standard InChI is InChI=1S/C24H44O5Si/c1-22(2,3)29-20(25)14-19-18-13-11-9-10-12-17(21(18)26)15-24(19,27)16-28-30(7,8)23(4,5)6/h17-19,27H,9-16H2,1-8H3/t17-,18+,19-,24+/m1/s1. The zero-order valence-electron chi connectivity index (χ0n) is 20.5. The van der Waals surface area contributed by atoms with Crippen LogP contribution in [-0.2, 0) is 18.8 Å². The Morgan fingerprint density at radius 1 is 1.10 bits per heavy atom. The quantitative estimate of drug-likeness (QED) is 0.466. The summed E-state index contributed by atoms with van der Waals surface area (Å²) in [7, 11) is -2.08. The van der Waals surface area contributed by atoms with Crippen LogP contribution in [0.1, 0.15) is 86.5 Å². The van der Waals surface area contributed by atoms with E-state index in [4.69, 9.17) is 9.16 Å². The highest BCUT2D eigenvalue weighted by Crippen LogP contribution is 2.47. The van der Waals surface area contributed by atoms with Gasteiger partial charge in [-0.15, -0.1) is 0 Å². The maximum atomic E-state index is 13.2. The Hall–Kier alpha value is -0.723. The second-order valence-electron chi connectivity index (χ2n) is 12.1. The highest BCUT2D eigenvalue weighted by molar-refractivity contribution is 6.74. The number of hydrogen-bond acceptors (Lipinski definition) is 5. The van der Waals surface area contributed by atoms with Crippen molar-refractivity contribution in [3.05, 3.63) is 0 Å². The molecule has 0 saturated heterocycles. The summed E-state index contributed by atoms with van der Waals surface area (Å²) in [6, 6.07) is 0. The first-order valence-corrected chi connectivity index (χ1v) is 14.6. The molecule has 2 aliphatic carbocycles. The number of esters is 1. The van der Waals surface area contributed by atoms with E-state index in [0.29, 0.717) is 6.42 Å². The number of hydrogen-bond donors (Lipinski definition) is 1. The van der Waals surface area contributed by atoms with E-state index in [-0.39, 0.29) is 41.7 Å². The molecule has 2 bridgehead atoms. The average Bonchev–Trinajstić information content (AvgIpc) is 2.55. The van der Waals surface area contributed by atoms with Crippen LogP contribution in [-0.4, -0.2) is 43.0 Å². The molecule has 0 unspecified atom stereocenters. The van der Waals surface area contributed by atoms with Gasteiger partial charge in [0.05, 0.1) is 18.6 Å². The number of ether oxygens (including phenoxy) is 1. The van der Waals surface area contributed by atoms with Gasteiger partial charge in [-0.25, -0.2) is 0 Å². The molecule has 6 heteroatoms. The van der Waals surface area contributed by atoms with Gasteiger partial charge in [-0.05, 0) is 58.2 Å². The first-order chi connectivity index (χ1) is 13.6. The molecule has 0 aliphatic heterocycles. The van der Waals surface area contributed by atoms with Crippen LogP contribution in [0.25, 0.3) is 0 Å². The lowest BCUT2D eigenvalue weighted by Crippen LogP contribution is -2.58. The Labute approximate surface area is 184 Å². The highest BCUT2D eigenvalue weighted by atomic mass is 28.4. The van der Waals surface area contributed by atoms with Crippen LogP contribution in [0, 0.1) is 17.8 Å². The highest BCUT2D eigenvalue weighted by Gasteiger charge is 2.54. The van der Waals surface area contributed by atoms with Gasteiger partial charge < -0.3 is 14.3 Å². The van der Waals surface area contributed by atoms with E-state index >= 15 is 0 Å². The summed E-state index contributed by atoms with van der Waals surface area (Å²) in [4.78, 5) is 25.9. The fourth-order valence-electron chi connectivity index (χ4n) is 4.66. The number of rotatable bonds is 5. The molecule has 0 spiro atoms. The number of ketones is 1. The van der Waals surface area contributed by atoms with Crippen molar-refractivity contribution in [1.29, 1.82) is 0 Å². The van der Waals surface area contributed by atoms with E-state index < -0.39 is 25.4 Å². The van der Waals surface area contributed by atoms with Crippen molar-refractivity contribution in [2.75, 3.05) is 6.61 Å². The maximum Gasteiger partial charge on any atom is 0.306 e. The number of carbonyl (C=O) groups is 2. The lowest BCUT2D eigenvalue weighted by atomic mass is 9.60. The fourth-order valence-corrected chi connectivity index (χ4v) is 5.70. The Morgan fingerprint density at radius 3 is 2.27 bits per heavy atom. The number of fused-ring (bicyclic) bond motifs is 2. The molecular weight excluding hydrogens is 396 g/mol. The lowest BCUT2D eigenvalue weighted by molar-refractivity contribution is -0.171. The summed E-state index contributed by atoms with van der Waals surface area (Å²) in [5.41, 5.74) is -1.76. The molecule has 1 N–H and O–H groups in total. The van der Waals surface area contributed by atoms with Gasteiger partial charge in [0.25, 0.3) is 0 Å². The van der Waals surface area contributed by atoms with Gasteiger partial charge in [0.2, 0.25) is 0 Å². The molecule has 2 fully saturated rings. The predicted molar refractivity (Wildman–Crippen MR) is 122 cm³/mol. The minimum absolute atomic E-state index is 0.0265. The molecule has 0 amide bonds. The molecule has 2 saturated carbocycles. The third-order valence-electron chi connectivity index (χ3n) is 7.41. The van der Waals surface area contributed by atoms with Crippen LogP contribution >= 0.6 is 0 Å². The van der Waals surface area contributed by atoms with Crippen molar-refractivity contribution >= 4 is 20.1 Å². The molecule has 2 rings (SSSR count). The van der Waals surface area contributed by atoms with Gasteiger partial charge in [-0.3, -0.25) is 9.59 Å². The SMILES string of the molecule is CC(C)(C)OC(=O)C[C@@H]1[C@@H]2CCCCC[C@H](C[C@]1(O)CO[Si](C)(C)C(C)(C)C)C2=O. The van der Waals surface area contributed by atoms with Crippen molar-refractivity contribution in [2.45, 2.75) is 116 Å². The van der Waals surface area contributed by atoms with Gasteiger partial charge in [-0.2, -0.15) is 0 Å². The minimum Gasteiger partial charge on any atom is -0.460 e. The Bertz CT molecular complexity index is 630. The third kappa shape index (κ3) is 6.16. The molecule has 0 aromatic carbocycles. The van der Waals surface area contributed by atoms with E-state index in [1.54, 1.807) is 0 Å². The summed E-state index contributed by atoms with van der Waals surface area (Å²) in [6.45, 7) is 16.6. The second-order valence-corrected chi connectivity index (χ2v) is 16.9. The molecule has 5 nitrogen and oxygen atoms in total. The van der Waals surface area contributed by atoms with Crippen LogP contribution in [0.5, 0.6) is 0 Å². The summed E-state index contributed by atoms with van der Waals surface area (Å²) in [5.74, 6) is -0.964. The van der Waals surface area contributed by atoms with E-state index in [1.807, 2.05) is 20.8 Å². The molecular formula is C24H44O5Si. The Morgan fingerprint density at radius 2 is 1.70 bits per heavy atom. The first-order valence-electron chi connectivity index (χ1n) is 11.7. The predicted octanol–water partition coefficient (Wildman–Crippen LogP) is 5.26. The van der Waals surface area contributed by atoms with Gasteiger partial charge in [0.1, 0.15) is 11.4 Å². The molecule has 174 valence electrons. The van der Waals surface area contributed by atoms with E-state index in [9.17, 15) is 14.7 Å². The molecule has 0 heterocycles. The number of aliphatic hydroxyl groups is 1. The van der Waals surface area contributed by atoms with Gasteiger partial charge in [0, 0.05) is 17.8 Å². The lowest BCUT2D eigenvalue weighted by Gasteiger charge is -2.49. The van der Waals surface area contributed by atoms with Crippen molar-refractivity contribution in [3.63, 3.8) is 0 Å². The first kappa shape index (κ1) is 25.5. The van der Waals surface area contributed by atoms with Crippen molar-refractivity contribution in [1.82, 2.24) is 0 Å². The van der Waals surface area contributed by atoms with Crippen LogP contribution in [0.4, 0.5) is 0 Å². The number of carbonyl (C=O) groups excluding carboxylic acids is 2. The average molecular weight is 441 g/mol. The van der Waals surface area contributed by atoms with E-state index in [1.165, 1.54) is 0 Å². The number of Topliss-reactive ketones (excluding diaryl/α,β-unsaturated/α-hetero) is 1. The van der Waals surface area contributed by atoms with E-state index in [0.717, 1.165) is 32.1 Å². The zero-order valence-corrected chi connectivity index (χ0v) is 21.5. The second kappa shape index (κ2) is 9.03. The zero-order chi connectivity index (χ0) is 23.0. The van der Waals surface area contributed by atoms with Crippen LogP contribution in [0.3, 0.4) is 0 Å². The summed E-state index contributed by atoms with van der Waals surface area (Å²) < 4.78 is 12.0. The molecule has 0 radical (unpaired) electrons. The van der Waals surface area contributed by atoms with Crippen molar-refractivity contribution in [3.8, 4) is 0 Å². The minimum atomic E-state index is -2.08. The van der Waals surface area contributed by atoms with Gasteiger partial charge >= 0.3 is 5.97 Å². The summed E-state index contributed by atoms with van der Waals surface area (Å²) in [5, 5.41) is 11.9. The van der Waals surface area contributed by atoms with Crippen molar-refractivity contribution < 1.29 is 23.9 Å². The summed E-state index contributed by atoms with van der Waals surface area (Å²) >= 11 is 0.